The van der Waals surface area contributed by atoms with E-state index in [-0.39, 0.29) is 12.0 Å². The number of hydrogen-bond donors (Lipinski definition) is 1. The monoisotopic (exact) mass is 318 g/mol. The van der Waals surface area contributed by atoms with E-state index in [1.807, 2.05) is 26.0 Å². The van der Waals surface area contributed by atoms with Gasteiger partial charge in [-0.05, 0) is 63.9 Å². The van der Waals surface area contributed by atoms with Crippen LogP contribution in [0.1, 0.15) is 55.5 Å². The maximum absolute atomic E-state index is 12.1. The zero-order valence-electron chi connectivity index (χ0n) is 14.5. The Kier molecular flexibility index (Phi) is 7.56. The predicted molar refractivity (Wildman–Crippen MR) is 93.6 cm³/mol. The van der Waals surface area contributed by atoms with Crippen molar-refractivity contribution in [3.8, 4) is 0 Å². The van der Waals surface area contributed by atoms with Crippen LogP contribution in [-0.4, -0.2) is 43.2 Å². The summed E-state index contributed by atoms with van der Waals surface area (Å²) in [4.78, 5) is 14.6. The fraction of sp³-hybridized carbons (Fsp3) is 0.632. The second-order valence-corrected chi connectivity index (χ2v) is 6.56. The number of hydrogen-bond acceptors (Lipinski definition) is 3. The van der Waals surface area contributed by atoms with E-state index in [0.717, 1.165) is 18.5 Å². The lowest BCUT2D eigenvalue weighted by Crippen LogP contribution is -2.29. The molecule has 1 aliphatic heterocycles. The minimum Gasteiger partial charge on any atom is -0.379 e. The van der Waals surface area contributed by atoms with Crippen LogP contribution < -0.4 is 5.32 Å². The van der Waals surface area contributed by atoms with Crippen molar-refractivity contribution in [3.05, 3.63) is 35.4 Å². The molecule has 0 unspecified atom stereocenters. The van der Waals surface area contributed by atoms with Gasteiger partial charge in [-0.2, -0.15) is 0 Å². The lowest BCUT2D eigenvalue weighted by molar-refractivity contribution is 0.0757. The molecule has 1 aliphatic rings. The van der Waals surface area contributed by atoms with Crippen molar-refractivity contribution in [1.29, 1.82) is 0 Å². The van der Waals surface area contributed by atoms with Gasteiger partial charge < -0.3 is 10.1 Å². The minimum atomic E-state index is -0.000862. The van der Waals surface area contributed by atoms with Crippen LogP contribution in [0.2, 0.25) is 0 Å². The van der Waals surface area contributed by atoms with E-state index in [0.29, 0.717) is 13.2 Å². The molecule has 1 amide bonds. The number of piperidine rings is 1. The number of amides is 1. The summed E-state index contributed by atoms with van der Waals surface area (Å²) >= 11 is 0. The largest absolute Gasteiger partial charge is 0.379 e. The second kappa shape index (κ2) is 9.68. The Morgan fingerprint density at radius 1 is 1.17 bits per heavy atom. The molecular formula is C19H30N2O2. The first-order valence-corrected chi connectivity index (χ1v) is 8.86. The Bertz CT molecular complexity index is 465. The number of benzene rings is 1. The van der Waals surface area contributed by atoms with Gasteiger partial charge in [0.1, 0.15) is 0 Å². The summed E-state index contributed by atoms with van der Waals surface area (Å²) in [6.07, 6.45) is 5.06. The van der Waals surface area contributed by atoms with E-state index >= 15 is 0 Å². The van der Waals surface area contributed by atoms with Gasteiger partial charge in [0.05, 0.1) is 6.10 Å². The Labute approximate surface area is 140 Å². The lowest BCUT2D eigenvalue weighted by Gasteiger charge is -2.26. The molecule has 0 atom stereocenters. The van der Waals surface area contributed by atoms with Gasteiger partial charge in [-0.1, -0.05) is 18.6 Å². The maximum Gasteiger partial charge on any atom is 0.251 e. The minimum absolute atomic E-state index is 0.000862. The van der Waals surface area contributed by atoms with Crippen molar-refractivity contribution in [2.45, 2.75) is 52.2 Å². The van der Waals surface area contributed by atoms with Crippen LogP contribution in [0.15, 0.2) is 24.3 Å². The van der Waals surface area contributed by atoms with E-state index in [9.17, 15) is 4.79 Å². The average molecular weight is 318 g/mol. The molecule has 0 spiro atoms. The molecule has 0 aliphatic carbocycles. The van der Waals surface area contributed by atoms with Gasteiger partial charge in [0.15, 0.2) is 0 Å². The van der Waals surface area contributed by atoms with E-state index in [2.05, 4.69) is 22.3 Å². The van der Waals surface area contributed by atoms with E-state index < -0.39 is 0 Å². The van der Waals surface area contributed by atoms with Crippen LogP contribution in [0.5, 0.6) is 0 Å². The van der Waals surface area contributed by atoms with Gasteiger partial charge in [-0.15, -0.1) is 0 Å². The van der Waals surface area contributed by atoms with Crippen LogP contribution in [0.3, 0.4) is 0 Å². The number of carbonyl (C=O) groups is 1. The molecule has 4 nitrogen and oxygen atoms in total. The predicted octanol–water partition coefficient (Wildman–Crippen LogP) is 3.22. The molecule has 1 saturated heterocycles. The first kappa shape index (κ1) is 18.0. The molecule has 1 aromatic rings. The highest BCUT2D eigenvalue weighted by molar-refractivity contribution is 5.94. The Morgan fingerprint density at radius 3 is 2.52 bits per heavy atom. The van der Waals surface area contributed by atoms with Crippen LogP contribution in [-0.2, 0) is 11.3 Å². The third-order valence-electron chi connectivity index (χ3n) is 4.13. The van der Waals surface area contributed by atoms with Crippen molar-refractivity contribution < 1.29 is 9.53 Å². The van der Waals surface area contributed by atoms with E-state index in [4.69, 9.17) is 4.74 Å². The third-order valence-corrected chi connectivity index (χ3v) is 4.13. The topological polar surface area (TPSA) is 41.6 Å². The number of carbonyl (C=O) groups excluding carboxylic acids is 1. The second-order valence-electron chi connectivity index (χ2n) is 6.56. The first-order chi connectivity index (χ1) is 11.1. The molecule has 0 saturated carbocycles. The Balaban J connectivity index is 1.71. The molecule has 2 rings (SSSR count). The highest BCUT2D eigenvalue weighted by Crippen LogP contribution is 2.13. The zero-order chi connectivity index (χ0) is 16.5. The molecule has 1 heterocycles. The Hall–Kier alpha value is -1.39. The fourth-order valence-corrected chi connectivity index (χ4v) is 2.83. The fourth-order valence-electron chi connectivity index (χ4n) is 2.83. The van der Waals surface area contributed by atoms with Crippen molar-refractivity contribution >= 4 is 5.91 Å². The van der Waals surface area contributed by atoms with Crippen LogP contribution in [0.4, 0.5) is 0 Å². The SMILES string of the molecule is CC(C)OCCCNC(=O)c1ccc(CN2CCCCC2)cc1. The summed E-state index contributed by atoms with van der Waals surface area (Å²) in [5.74, 6) is -0.000862. The number of rotatable bonds is 8. The van der Waals surface area contributed by atoms with Crippen LogP contribution in [0, 0.1) is 0 Å². The summed E-state index contributed by atoms with van der Waals surface area (Å²) in [5.41, 5.74) is 2.02. The molecule has 4 heteroatoms. The summed E-state index contributed by atoms with van der Waals surface area (Å²) < 4.78 is 5.46. The van der Waals surface area contributed by atoms with Crippen LogP contribution in [0.25, 0.3) is 0 Å². The third kappa shape index (κ3) is 6.71. The Morgan fingerprint density at radius 2 is 1.87 bits per heavy atom. The highest BCUT2D eigenvalue weighted by Gasteiger charge is 2.11. The van der Waals surface area contributed by atoms with Gasteiger partial charge in [-0.3, -0.25) is 9.69 Å². The molecular weight excluding hydrogens is 288 g/mol. The summed E-state index contributed by atoms with van der Waals surface area (Å²) in [6.45, 7) is 8.76. The molecule has 0 radical (unpaired) electrons. The summed E-state index contributed by atoms with van der Waals surface area (Å²) in [6, 6.07) is 8.01. The summed E-state index contributed by atoms with van der Waals surface area (Å²) in [7, 11) is 0. The number of likely N-dealkylation sites (tertiary alicyclic amines) is 1. The molecule has 1 N–H and O–H groups in total. The number of nitrogens with one attached hydrogen (secondary N) is 1. The van der Waals surface area contributed by atoms with Crippen molar-refractivity contribution in [2.75, 3.05) is 26.2 Å². The molecule has 23 heavy (non-hydrogen) atoms. The van der Waals surface area contributed by atoms with Gasteiger partial charge >= 0.3 is 0 Å². The van der Waals surface area contributed by atoms with E-state index in [1.165, 1.54) is 37.9 Å². The standard InChI is InChI=1S/C19H30N2O2/c1-16(2)23-14-6-11-20-19(22)18-9-7-17(8-10-18)15-21-12-4-3-5-13-21/h7-10,16H,3-6,11-15H2,1-2H3,(H,20,22). The molecule has 128 valence electrons. The summed E-state index contributed by atoms with van der Waals surface area (Å²) in [5, 5.41) is 2.94. The average Bonchev–Trinajstić information content (AvgIpc) is 2.56. The van der Waals surface area contributed by atoms with E-state index in [1.54, 1.807) is 0 Å². The molecule has 0 bridgehead atoms. The quantitative estimate of drug-likeness (QED) is 0.748. The van der Waals surface area contributed by atoms with Gasteiger partial charge in [0, 0.05) is 25.3 Å². The van der Waals surface area contributed by atoms with Gasteiger partial charge in [-0.25, -0.2) is 0 Å². The maximum atomic E-state index is 12.1. The molecule has 1 fully saturated rings. The lowest BCUT2D eigenvalue weighted by atomic mass is 10.1. The van der Waals surface area contributed by atoms with Gasteiger partial charge in [0.2, 0.25) is 0 Å². The normalized spacial score (nSPS) is 15.8. The molecule has 1 aromatic carbocycles. The van der Waals surface area contributed by atoms with Crippen LogP contribution >= 0.6 is 0 Å². The number of nitrogens with zero attached hydrogens (tertiary/aromatic N) is 1. The number of ether oxygens (including phenoxy) is 1. The zero-order valence-corrected chi connectivity index (χ0v) is 14.5. The van der Waals surface area contributed by atoms with Crippen molar-refractivity contribution in [1.82, 2.24) is 10.2 Å². The van der Waals surface area contributed by atoms with Crippen molar-refractivity contribution in [2.24, 2.45) is 0 Å². The smallest absolute Gasteiger partial charge is 0.251 e. The van der Waals surface area contributed by atoms with Crippen molar-refractivity contribution in [3.63, 3.8) is 0 Å². The first-order valence-electron chi connectivity index (χ1n) is 8.86. The van der Waals surface area contributed by atoms with Gasteiger partial charge in [0.25, 0.3) is 5.91 Å². The highest BCUT2D eigenvalue weighted by atomic mass is 16.5. The molecule has 0 aromatic heterocycles.